The summed E-state index contributed by atoms with van der Waals surface area (Å²) in [5, 5.41) is 0. The first-order chi connectivity index (χ1) is 6.72. The zero-order valence-electron chi connectivity index (χ0n) is 8.99. The highest BCUT2D eigenvalue weighted by Crippen LogP contribution is 2.10. The third kappa shape index (κ3) is 3.73. The van der Waals surface area contributed by atoms with Crippen molar-refractivity contribution in [2.45, 2.75) is 33.1 Å². The minimum Gasteiger partial charge on any atom is -0.303 e. The van der Waals surface area contributed by atoms with Crippen LogP contribution in [0, 0.1) is 5.92 Å². The molecule has 1 nitrogen and oxygen atoms in total. The normalized spacial score (nSPS) is 10.5. The summed E-state index contributed by atoms with van der Waals surface area (Å²) >= 11 is 0. The largest absolute Gasteiger partial charge is 0.303 e. The van der Waals surface area contributed by atoms with Gasteiger partial charge < -0.3 is 4.79 Å². The van der Waals surface area contributed by atoms with Gasteiger partial charge in [-0.05, 0) is 29.9 Å². The van der Waals surface area contributed by atoms with Crippen LogP contribution < -0.4 is 0 Å². The van der Waals surface area contributed by atoms with Crippen LogP contribution in [0.1, 0.15) is 31.4 Å². The van der Waals surface area contributed by atoms with Gasteiger partial charge in [0.2, 0.25) is 0 Å². The van der Waals surface area contributed by atoms with E-state index in [-0.39, 0.29) is 0 Å². The average Bonchev–Trinajstić information content (AvgIpc) is 2.16. The van der Waals surface area contributed by atoms with Crippen molar-refractivity contribution >= 4 is 6.29 Å². The van der Waals surface area contributed by atoms with E-state index in [0.29, 0.717) is 12.3 Å². The molecule has 1 aromatic rings. The lowest BCUT2D eigenvalue weighted by atomic mass is 10.0. The van der Waals surface area contributed by atoms with E-state index in [2.05, 4.69) is 38.1 Å². The first-order valence-corrected chi connectivity index (χ1v) is 5.24. The third-order valence-corrected chi connectivity index (χ3v) is 2.22. The highest BCUT2D eigenvalue weighted by atomic mass is 16.1. The molecular formula is C13H18O. The van der Waals surface area contributed by atoms with E-state index < -0.39 is 0 Å². The molecule has 0 N–H and O–H groups in total. The molecule has 0 radical (unpaired) electrons. The Morgan fingerprint density at radius 1 is 1.14 bits per heavy atom. The second-order valence-corrected chi connectivity index (χ2v) is 4.12. The maximum Gasteiger partial charge on any atom is 0.120 e. The summed E-state index contributed by atoms with van der Waals surface area (Å²) in [6.07, 6.45) is 3.60. The van der Waals surface area contributed by atoms with Gasteiger partial charge in [-0.25, -0.2) is 0 Å². The van der Waals surface area contributed by atoms with Gasteiger partial charge in [0, 0.05) is 6.42 Å². The highest BCUT2D eigenvalue weighted by molar-refractivity contribution is 5.50. The molecule has 1 aromatic carbocycles. The summed E-state index contributed by atoms with van der Waals surface area (Å²) in [6.45, 7) is 4.45. The second-order valence-electron chi connectivity index (χ2n) is 4.12. The van der Waals surface area contributed by atoms with Crippen LogP contribution in [0.15, 0.2) is 24.3 Å². The van der Waals surface area contributed by atoms with Crippen LogP contribution in [-0.4, -0.2) is 6.29 Å². The second kappa shape index (κ2) is 5.58. The highest BCUT2D eigenvalue weighted by Gasteiger charge is 1.97. The molecule has 0 saturated carbocycles. The van der Waals surface area contributed by atoms with Gasteiger partial charge in [-0.1, -0.05) is 38.1 Å². The molecule has 76 valence electrons. The van der Waals surface area contributed by atoms with Crippen molar-refractivity contribution in [1.82, 2.24) is 0 Å². The quantitative estimate of drug-likeness (QED) is 0.652. The Bertz CT molecular complexity index is 272. The van der Waals surface area contributed by atoms with Crippen molar-refractivity contribution in [3.8, 4) is 0 Å². The molecule has 1 heteroatoms. The monoisotopic (exact) mass is 190 g/mol. The Morgan fingerprint density at radius 2 is 1.71 bits per heavy atom. The molecule has 0 spiro atoms. The van der Waals surface area contributed by atoms with Crippen LogP contribution >= 0.6 is 0 Å². The summed E-state index contributed by atoms with van der Waals surface area (Å²) in [4.78, 5) is 10.2. The number of carbonyl (C=O) groups excluding carboxylic acids is 1. The smallest absolute Gasteiger partial charge is 0.120 e. The number of hydrogen-bond donors (Lipinski definition) is 0. The van der Waals surface area contributed by atoms with Crippen molar-refractivity contribution in [2.24, 2.45) is 5.92 Å². The molecule has 0 aliphatic heterocycles. The maximum absolute atomic E-state index is 10.2. The molecule has 0 aromatic heterocycles. The van der Waals surface area contributed by atoms with Crippen molar-refractivity contribution in [1.29, 1.82) is 0 Å². The van der Waals surface area contributed by atoms with Crippen LogP contribution in [-0.2, 0) is 17.6 Å². The summed E-state index contributed by atoms with van der Waals surface area (Å²) in [6, 6.07) is 8.59. The fraction of sp³-hybridized carbons (Fsp3) is 0.462. The predicted molar refractivity (Wildman–Crippen MR) is 59.4 cm³/mol. The minimum atomic E-state index is 0.628. The number of aldehydes is 1. The molecule has 1 rings (SSSR count). The Hall–Kier alpha value is -1.11. The van der Waals surface area contributed by atoms with Crippen molar-refractivity contribution < 1.29 is 4.79 Å². The minimum absolute atomic E-state index is 0.628. The van der Waals surface area contributed by atoms with Crippen LogP contribution in [0.4, 0.5) is 0 Å². The Morgan fingerprint density at radius 3 is 2.21 bits per heavy atom. The van der Waals surface area contributed by atoms with E-state index in [1.165, 1.54) is 11.1 Å². The Labute approximate surface area is 86.1 Å². The van der Waals surface area contributed by atoms with E-state index in [4.69, 9.17) is 0 Å². The van der Waals surface area contributed by atoms with Gasteiger partial charge in [0.25, 0.3) is 0 Å². The predicted octanol–water partition coefficient (Wildman–Crippen LogP) is 3.02. The van der Waals surface area contributed by atoms with Crippen molar-refractivity contribution in [3.05, 3.63) is 35.4 Å². The molecule has 0 aliphatic rings. The number of benzene rings is 1. The van der Waals surface area contributed by atoms with Crippen LogP contribution in [0.5, 0.6) is 0 Å². The Balaban J connectivity index is 2.54. The van der Waals surface area contributed by atoms with Gasteiger partial charge in [-0.3, -0.25) is 0 Å². The first-order valence-electron chi connectivity index (χ1n) is 5.24. The van der Waals surface area contributed by atoms with Crippen molar-refractivity contribution in [3.63, 3.8) is 0 Å². The van der Waals surface area contributed by atoms with E-state index in [1.807, 2.05) is 0 Å². The lowest BCUT2D eigenvalue weighted by molar-refractivity contribution is -0.107. The molecule has 14 heavy (non-hydrogen) atoms. The van der Waals surface area contributed by atoms with Crippen LogP contribution in [0.25, 0.3) is 0 Å². The molecule has 0 saturated heterocycles. The standard InChI is InChI=1S/C13H18O/c1-11(2)10-13-7-5-12(6-8-13)4-3-9-14/h5-9,11H,3-4,10H2,1-2H3. The molecule has 0 aliphatic carbocycles. The third-order valence-electron chi connectivity index (χ3n) is 2.22. The number of aryl methyl sites for hydroxylation is 1. The van der Waals surface area contributed by atoms with Crippen molar-refractivity contribution in [2.75, 3.05) is 0 Å². The van der Waals surface area contributed by atoms with Gasteiger partial charge in [-0.2, -0.15) is 0 Å². The van der Waals surface area contributed by atoms with Gasteiger partial charge in [-0.15, -0.1) is 0 Å². The van der Waals surface area contributed by atoms with Crippen LogP contribution in [0.3, 0.4) is 0 Å². The zero-order valence-corrected chi connectivity index (χ0v) is 8.99. The van der Waals surface area contributed by atoms with E-state index in [0.717, 1.165) is 19.1 Å². The molecule has 0 atom stereocenters. The fourth-order valence-corrected chi connectivity index (χ4v) is 1.54. The first kappa shape index (κ1) is 11.0. The number of carbonyl (C=O) groups is 1. The van der Waals surface area contributed by atoms with Gasteiger partial charge in [0.15, 0.2) is 0 Å². The Kier molecular flexibility index (Phi) is 4.37. The van der Waals surface area contributed by atoms with E-state index in [1.54, 1.807) is 0 Å². The lowest BCUT2D eigenvalue weighted by Crippen LogP contribution is -1.94. The van der Waals surface area contributed by atoms with Gasteiger partial charge >= 0.3 is 0 Å². The average molecular weight is 190 g/mol. The topological polar surface area (TPSA) is 17.1 Å². The summed E-state index contributed by atoms with van der Waals surface area (Å²) in [7, 11) is 0. The maximum atomic E-state index is 10.2. The number of rotatable bonds is 5. The zero-order chi connectivity index (χ0) is 10.4. The summed E-state index contributed by atoms with van der Waals surface area (Å²) in [5.74, 6) is 0.704. The lowest BCUT2D eigenvalue weighted by Gasteiger charge is -2.05. The number of hydrogen-bond acceptors (Lipinski definition) is 1. The molecule has 0 heterocycles. The van der Waals surface area contributed by atoms with Crippen LogP contribution in [0.2, 0.25) is 0 Å². The molecule has 0 bridgehead atoms. The van der Waals surface area contributed by atoms with E-state index >= 15 is 0 Å². The molecule has 0 amide bonds. The van der Waals surface area contributed by atoms with Gasteiger partial charge in [0.05, 0.1) is 0 Å². The fourth-order valence-electron chi connectivity index (χ4n) is 1.54. The van der Waals surface area contributed by atoms with Gasteiger partial charge in [0.1, 0.15) is 6.29 Å². The van der Waals surface area contributed by atoms with E-state index in [9.17, 15) is 4.79 Å². The SMILES string of the molecule is CC(C)Cc1ccc(CCC=O)cc1. The molecular weight excluding hydrogens is 172 g/mol. The molecule has 0 fully saturated rings. The molecule has 0 unspecified atom stereocenters. The summed E-state index contributed by atoms with van der Waals surface area (Å²) in [5.41, 5.74) is 2.64. The summed E-state index contributed by atoms with van der Waals surface area (Å²) < 4.78 is 0.